The van der Waals surface area contributed by atoms with Crippen LogP contribution < -0.4 is 21.7 Å². The predicted molar refractivity (Wildman–Crippen MR) is 149 cm³/mol. The Kier molecular flexibility index (Phi) is 7.65. The zero-order valence-corrected chi connectivity index (χ0v) is 22.3. The summed E-state index contributed by atoms with van der Waals surface area (Å²) in [5.41, 5.74) is 6.76. The lowest BCUT2D eigenvalue weighted by molar-refractivity contribution is -0.127. The molecule has 4 aliphatic rings. The molecule has 0 radical (unpaired) electrons. The first-order valence-electron chi connectivity index (χ1n) is 13.7. The van der Waals surface area contributed by atoms with Gasteiger partial charge in [-0.05, 0) is 93.8 Å². The van der Waals surface area contributed by atoms with Crippen molar-refractivity contribution in [2.75, 3.05) is 25.0 Å². The molecule has 1 saturated heterocycles. The standard InChI is InChI=1S/C29H39N7O2/c1-19-4-7-25(32-17-19)34-26-8-12-29(11-3-13-31-28(29)38)27(35-26)33-22-5-6-23(20(2)16-22)21-9-14-36(15-10-21)18-24(30)37/h3-7,13,16-17,20-21,23,26H,8-12,14-15,18H2,1-2H3,(H2,30,37)(H,31,38)(H,32,34)(H,33,35). The molecule has 9 heteroatoms. The maximum atomic E-state index is 13.2. The molecule has 5 N–H and O–H groups in total. The van der Waals surface area contributed by atoms with Crippen LogP contribution in [0.25, 0.3) is 0 Å². The first kappa shape index (κ1) is 26.2. The molecule has 3 aliphatic heterocycles. The number of aliphatic imine (C=N–C) groups is 1. The van der Waals surface area contributed by atoms with Gasteiger partial charge in [-0.1, -0.05) is 31.2 Å². The lowest BCUT2D eigenvalue weighted by Crippen LogP contribution is -2.54. The number of pyridine rings is 1. The maximum Gasteiger partial charge on any atom is 0.238 e. The minimum Gasteiger partial charge on any atom is -0.369 e. The average molecular weight is 518 g/mol. The fourth-order valence-electron chi connectivity index (χ4n) is 6.23. The molecule has 1 aliphatic carbocycles. The Morgan fingerprint density at radius 1 is 1.26 bits per heavy atom. The van der Waals surface area contributed by atoms with Crippen molar-refractivity contribution in [3.63, 3.8) is 0 Å². The number of anilines is 1. The molecule has 2 amide bonds. The minimum absolute atomic E-state index is 0.00723. The van der Waals surface area contributed by atoms with Crippen molar-refractivity contribution < 1.29 is 9.59 Å². The Morgan fingerprint density at radius 2 is 2.08 bits per heavy atom. The summed E-state index contributed by atoms with van der Waals surface area (Å²) >= 11 is 0. The highest BCUT2D eigenvalue weighted by Gasteiger charge is 2.47. The summed E-state index contributed by atoms with van der Waals surface area (Å²) in [6, 6.07) is 3.99. The van der Waals surface area contributed by atoms with Gasteiger partial charge in [-0.2, -0.15) is 0 Å². The topological polar surface area (TPSA) is 125 Å². The number of amidine groups is 1. The highest BCUT2D eigenvalue weighted by atomic mass is 16.2. The molecular weight excluding hydrogens is 478 g/mol. The van der Waals surface area contributed by atoms with Crippen LogP contribution in [0.3, 0.4) is 0 Å². The molecule has 4 atom stereocenters. The van der Waals surface area contributed by atoms with Crippen molar-refractivity contribution in [2.24, 2.45) is 33.9 Å². The van der Waals surface area contributed by atoms with Gasteiger partial charge in [0.05, 0.1) is 6.54 Å². The van der Waals surface area contributed by atoms with Gasteiger partial charge in [0.2, 0.25) is 11.8 Å². The van der Waals surface area contributed by atoms with E-state index in [2.05, 4.69) is 51.0 Å². The third-order valence-corrected chi connectivity index (χ3v) is 8.41. The molecule has 1 fully saturated rings. The SMILES string of the molecule is Cc1ccc(NC2CCC3(CC=CNC3=O)C(NC3=CC(C)C(C4CCN(CC(N)=O)CC4)C=C3)=N2)nc1. The van der Waals surface area contributed by atoms with Gasteiger partial charge in [-0.25, -0.2) is 9.98 Å². The number of primary amides is 1. The normalized spacial score (nSPS) is 29.9. The van der Waals surface area contributed by atoms with Gasteiger partial charge < -0.3 is 21.7 Å². The molecular formula is C29H39N7O2. The summed E-state index contributed by atoms with van der Waals surface area (Å²) in [7, 11) is 0. The van der Waals surface area contributed by atoms with E-state index in [0.717, 1.165) is 49.4 Å². The summed E-state index contributed by atoms with van der Waals surface area (Å²) in [5, 5.41) is 9.90. The molecule has 0 saturated carbocycles. The number of rotatable bonds is 6. The van der Waals surface area contributed by atoms with E-state index in [1.54, 1.807) is 6.20 Å². The lowest BCUT2D eigenvalue weighted by atomic mass is 9.73. The molecule has 202 valence electrons. The third kappa shape index (κ3) is 5.67. The Balaban J connectivity index is 1.30. The van der Waals surface area contributed by atoms with Crippen LogP contribution in [-0.4, -0.2) is 53.3 Å². The third-order valence-electron chi connectivity index (χ3n) is 8.41. The van der Waals surface area contributed by atoms with E-state index in [0.29, 0.717) is 43.0 Å². The molecule has 0 aromatic carbocycles. The van der Waals surface area contributed by atoms with Crippen LogP contribution in [0, 0.1) is 30.1 Å². The number of nitrogens with zero attached hydrogens (tertiary/aromatic N) is 3. The molecule has 9 nitrogen and oxygen atoms in total. The van der Waals surface area contributed by atoms with Gasteiger partial charge in [0, 0.05) is 11.9 Å². The maximum absolute atomic E-state index is 13.2. The summed E-state index contributed by atoms with van der Waals surface area (Å²) < 4.78 is 0. The number of hydrogen-bond acceptors (Lipinski definition) is 7. The smallest absolute Gasteiger partial charge is 0.238 e. The Labute approximate surface area is 224 Å². The van der Waals surface area contributed by atoms with Crippen LogP contribution in [0.15, 0.2) is 59.5 Å². The van der Waals surface area contributed by atoms with E-state index in [1.165, 1.54) is 0 Å². The highest BCUT2D eigenvalue weighted by Crippen LogP contribution is 2.39. The van der Waals surface area contributed by atoms with Gasteiger partial charge in [0.15, 0.2) is 0 Å². The van der Waals surface area contributed by atoms with Gasteiger partial charge in [-0.15, -0.1) is 0 Å². The summed E-state index contributed by atoms with van der Waals surface area (Å²) in [6.45, 7) is 6.44. The fraction of sp³-hybridized carbons (Fsp3) is 0.517. The highest BCUT2D eigenvalue weighted by molar-refractivity contribution is 6.09. The second kappa shape index (κ2) is 11.1. The van der Waals surface area contributed by atoms with E-state index in [4.69, 9.17) is 10.7 Å². The number of hydrogen-bond donors (Lipinski definition) is 4. The molecule has 1 spiro atoms. The molecule has 4 unspecified atom stereocenters. The number of nitrogens with two attached hydrogens (primary N) is 1. The van der Waals surface area contributed by atoms with Gasteiger partial charge in [0.1, 0.15) is 23.2 Å². The first-order valence-corrected chi connectivity index (χ1v) is 13.7. The second-order valence-corrected chi connectivity index (χ2v) is 11.2. The van der Waals surface area contributed by atoms with Crippen molar-refractivity contribution in [1.82, 2.24) is 20.5 Å². The van der Waals surface area contributed by atoms with Gasteiger partial charge >= 0.3 is 0 Å². The van der Waals surface area contributed by atoms with Gasteiger partial charge in [-0.3, -0.25) is 14.5 Å². The van der Waals surface area contributed by atoms with Crippen molar-refractivity contribution in [2.45, 2.75) is 52.1 Å². The monoisotopic (exact) mass is 517 g/mol. The van der Waals surface area contributed by atoms with Gasteiger partial charge in [0.25, 0.3) is 0 Å². The number of carbonyl (C=O) groups is 2. The zero-order chi connectivity index (χ0) is 26.7. The van der Waals surface area contributed by atoms with Crippen molar-refractivity contribution in [1.29, 1.82) is 0 Å². The van der Waals surface area contributed by atoms with E-state index >= 15 is 0 Å². The van der Waals surface area contributed by atoms with Crippen molar-refractivity contribution in [3.05, 3.63) is 60.1 Å². The number of piperidine rings is 1. The number of likely N-dealkylation sites (tertiary alicyclic amines) is 1. The molecule has 1 aromatic heterocycles. The van der Waals surface area contributed by atoms with E-state index in [1.807, 2.05) is 31.3 Å². The molecule has 0 bridgehead atoms. The molecule has 4 heterocycles. The Hall–Kier alpha value is -3.46. The molecule has 1 aromatic rings. The molecule has 5 rings (SSSR count). The summed E-state index contributed by atoms with van der Waals surface area (Å²) in [5.74, 6) is 2.59. The van der Waals surface area contributed by atoms with Crippen LogP contribution in [0.4, 0.5) is 5.82 Å². The quantitative estimate of drug-likeness (QED) is 0.460. The van der Waals surface area contributed by atoms with E-state index in [-0.39, 0.29) is 18.0 Å². The zero-order valence-electron chi connectivity index (χ0n) is 22.3. The van der Waals surface area contributed by atoms with Crippen molar-refractivity contribution >= 4 is 23.5 Å². The average Bonchev–Trinajstić information content (AvgIpc) is 2.89. The number of allylic oxidation sites excluding steroid dienone is 4. The number of aryl methyl sites for hydroxylation is 1. The van der Waals surface area contributed by atoms with Crippen LogP contribution in [0.2, 0.25) is 0 Å². The van der Waals surface area contributed by atoms with Crippen molar-refractivity contribution in [3.8, 4) is 0 Å². The lowest BCUT2D eigenvalue weighted by Gasteiger charge is -2.40. The second-order valence-electron chi connectivity index (χ2n) is 11.2. The first-order chi connectivity index (χ1) is 18.3. The molecule has 38 heavy (non-hydrogen) atoms. The van der Waals surface area contributed by atoms with E-state index in [9.17, 15) is 9.59 Å². The predicted octanol–water partition coefficient (Wildman–Crippen LogP) is 2.83. The van der Waals surface area contributed by atoms with Crippen LogP contribution in [-0.2, 0) is 9.59 Å². The Bertz CT molecular complexity index is 1160. The summed E-state index contributed by atoms with van der Waals surface area (Å²) in [4.78, 5) is 36.1. The Morgan fingerprint density at radius 3 is 2.76 bits per heavy atom. The fourth-order valence-corrected chi connectivity index (χ4v) is 6.23. The number of nitrogens with one attached hydrogen (secondary N) is 3. The van der Waals surface area contributed by atoms with E-state index < -0.39 is 5.41 Å². The number of aromatic nitrogens is 1. The number of amides is 2. The largest absolute Gasteiger partial charge is 0.369 e. The van der Waals surface area contributed by atoms with Crippen LogP contribution in [0.5, 0.6) is 0 Å². The van der Waals surface area contributed by atoms with Crippen LogP contribution >= 0.6 is 0 Å². The van der Waals surface area contributed by atoms with Crippen LogP contribution in [0.1, 0.15) is 44.6 Å². The minimum atomic E-state index is -0.699. The number of carbonyl (C=O) groups excluding carboxylic acids is 2. The summed E-state index contributed by atoms with van der Waals surface area (Å²) in [6.07, 6.45) is 16.3.